The van der Waals surface area contributed by atoms with Crippen molar-refractivity contribution in [2.45, 2.75) is 33.0 Å². The molecule has 0 aliphatic heterocycles. The van der Waals surface area contributed by atoms with E-state index in [1.165, 1.54) is 17.7 Å². The Balaban J connectivity index is 1.54. The first-order chi connectivity index (χ1) is 13.5. The van der Waals surface area contributed by atoms with Crippen molar-refractivity contribution in [2.75, 3.05) is 0 Å². The van der Waals surface area contributed by atoms with Gasteiger partial charge in [-0.05, 0) is 28.5 Å². The SMILES string of the molecule is CC(C)[C@@H](NC(=O)c1cccs1)C(=O)NCc1ccc(Cn2cncn2)cc1. The second-order valence-electron chi connectivity index (χ2n) is 6.80. The monoisotopic (exact) mass is 397 g/mol. The molecule has 1 aromatic carbocycles. The maximum absolute atomic E-state index is 12.6. The van der Waals surface area contributed by atoms with Crippen molar-refractivity contribution in [1.29, 1.82) is 0 Å². The molecule has 3 rings (SSSR count). The van der Waals surface area contributed by atoms with E-state index < -0.39 is 6.04 Å². The first kappa shape index (κ1) is 19.8. The van der Waals surface area contributed by atoms with Gasteiger partial charge in [0.2, 0.25) is 5.91 Å². The van der Waals surface area contributed by atoms with Crippen LogP contribution in [0.3, 0.4) is 0 Å². The Labute approximate surface area is 167 Å². The lowest BCUT2D eigenvalue weighted by Gasteiger charge is -2.21. The molecule has 0 aliphatic carbocycles. The number of nitrogens with zero attached hydrogens (tertiary/aromatic N) is 3. The summed E-state index contributed by atoms with van der Waals surface area (Å²) < 4.78 is 1.75. The fraction of sp³-hybridized carbons (Fsp3) is 0.300. The van der Waals surface area contributed by atoms with Crippen LogP contribution in [-0.2, 0) is 17.9 Å². The Hall–Kier alpha value is -3.00. The molecule has 0 bridgehead atoms. The second-order valence-corrected chi connectivity index (χ2v) is 7.75. The number of benzene rings is 1. The highest BCUT2D eigenvalue weighted by Crippen LogP contribution is 2.11. The van der Waals surface area contributed by atoms with Crippen LogP contribution in [0, 0.1) is 5.92 Å². The summed E-state index contributed by atoms with van der Waals surface area (Å²) in [5.41, 5.74) is 2.09. The predicted octanol–water partition coefficient (Wildman–Crippen LogP) is 2.46. The molecule has 2 heterocycles. The standard InChI is InChI=1S/C20H23N5O2S/c1-14(2)18(24-19(26)17-4-3-9-28-17)20(27)22-10-15-5-7-16(8-6-15)11-25-13-21-12-23-25/h3-9,12-14,18H,10-11H2,1-2H3,(H,22,27)(H,24,26)/t18-/m1/s1. The zero-order valence-electron chi connectivity index (χ0n) is 15.8. The van der Waals surface area contributed by atoms with Gasteiger partial charge in [-0.25, -0.2) is 9.67 Å². The van der Waals surface area contributed by atoms with Crippen molar-refractivity contribution < 1.29 is 9.59 Å². The lowest BCUT2D eigenvalue weighted by atomic mass is 10.0. The number of rotatable bonds is 8. The van der Waals surface area contributed by atoms with E-state index in [-0.39, 0.29) is 17.7 Å². The van der Waals surface area contributed by atoms with Crippen molar-refractivity contribution >= 4 is 23.2 Å². The van der Waals surface area contributed by atoms with Crippen LogP contribution >= 0.6 is 11.3 Å². The summed E-state index contributed by atoms with van der Waals surface area (Å²) in [6, 6.07) is 10.9. The minimum absolute atomic E-state index is 0.0195. The molecule has 2 amide bonds. The zero-order valence-corrected chi connectivity index (χ0v) is 16.6. The maximum Gasteiger partial charge on any atom is 0.262 e. The third kappa shape index (κ3) is 5.26. The van der Waals surface area contributed by atoms with E-state index in [9.17, 15) is 9.59 Å². The molecule has 3 aromatic rings. The molecule has 0 unspecified atom stereocenters. The van der Waals surface area contributed by atoms with E-state index in [0.717, 1.165) is 11.1 Å². The molecule has 28 heavy (non-hydrogen) atoms. The zero-order chi connectivity index (χ0) is 19.9. The fourth-order valence-electron chi connectivity index (χ4n) is 2.72. The van der Waals surface area contributed by atoms with Crippen LogP contribution in [0.25, 0.3) is 0 Å². The van der Waals surface area contributed by atoms with Gasteiger partial charge in [-0.15, -0.1) is 11.3 Å². The Morgan fingerprint density at radius 1 is 1.14 bits per heavy atom. The lowest BCUT2D eigenvalue weighted by Crippen LogP contribution is -2.49. The smallest absolute Gasteiger partial charge is 0.262 e. The van der Waals surface area contributed by atoms with Gasteiger partial charge in [0.25, 0.3) is 5.91 Å². The van der Waals surface area contributed by atoms with Crippen molar-refractivity contribution in [1.82, 2.24) is 25.4 Å². The topological polar surface area (TPSA) is 88.9 Å². The number of aromatic nitrogens is 3. The van der Waals surface area contributed by atoms with Crippen molar-refractivity contribution in [2.24, 2.45) is 5.92 Å². The molecule has 0 aliphatic rings. The van der Waals surface area contributed by atoms with E-state index >= 15 is 0 Å². The summed E-state index contributed by atoms with van der Waals surface area (Å²) in [5, 5.41) is 11.7. The van der Waals surface area contributed by atoms with Crippen LogP contribution < -0.4 is 10.6 Å². The number of carbonyl (C=O) groups excluding carboxylic acids is 2. The Bertz CT molecular complexity index is 889. The summed E-state index contributed by atoms with van der Waals surface area (Å²) in [6.07, 6.45) is 3.18. The molecule has 2 N–H and O–H groups in total. The Morgan fingerprint density at radius 3 is 2.50 bits per heavy atom. The van der Waals surface area contributed by atoms with Crippen LogP contribution in [0.1, 0.15) is 34.6 Å². The summed E-state index contributed by atoms with van der Waals surface area (Å²) in [5.74, 6) is -0.429. The number of amides is 2. The van der Waals surface area contributed by atoms with Crippen molar-refractivity contribution in [3.63, 3.8) is 0 Å². The molecule has 1 atom stereocenters. The van der Waals surface area contributed by atoms with Crippen LogP contribution in [-0.4, -0.2) is 32.6 Å². The maximum atomic E-state index is 12.6. The Kier molecular flexibility index (Phi) is 6.54. The summed E-state index contributed by atoms with van der Waals surface area (Å²) in [6.45, 7) is 4.88. The second kappa shape index (κ2) is 9.27. The molecule has 0 saturated carbocycles. The van der Waals surface area contributed by atoms with E-state index in [2.05, 4.69) is 20.7 Å². The van der Waals surface area contributed by atoms with Gasteiger partial charge in [0.15, 0.2) is 0 Å². The van der Waals surface area contributed by atoms with Gasteiger partial charge >= 0.3 is 0 Å². The molecule has 0 fully saturated rings. The van der Waals surface area contributed by atoms with Crippen molar-refractivity contribution in [3.8, 4) is 0 Å². The summed E-state index contributed by atoms with van der Waals surface area (Å²) in [7, 11) is 0. The minimum Gasteiger partial charge on any atom is -0.350 e. The first-order valence-corrected chi connectivity index (χ1v) is 9.93. The number of thiophene rings is 1. The van der Waals surface area contributed by atoms with E-state index in [0.29, 0.717) is 18.0 Å². The summed E-state index contributed by atoms with van der Waals surface area (Å²) >= 11 is 1.36. The third-order valence-electron chi connectivity index (χ3n) is 4.28. The molecular formula is C20H23N5O2S. The molecule has 7 nitrogen and oxygen atoms in total. The van der Waals surface area contributed by atoms with Crippen LogP contribution in [0.5, 0.6) is 0 Å². The van der Waals surface area contributed by atoms with Gasteiger partial charge < -0.3 is 10.6 Å². The quantitative estimate of drug-likeness (QED) is 0.611. The molecule has 8 heteroatoms. The van der Waals surface area contributed by atoms with Gasteiger partial charge in [-0.1, -0.05) is 44.2 Å². The first-order valence-electron chi connectivity index (χ1n) is 9.05. The van der Waals surface area contributed by atoms with E-state index in [1.807, 2.05) is 49.6 Å². The van der Waals surface area contributed by atoms with Gasteiger partial charge in [0, 0.05) is 6.54 Å². The van der Waals surface area contributed by atoms with Crippen LogP contribution in [0.2, 0.25) is 0 Å². The average Bonchev–Trinajstić information content (AvgIpc) is 3.39. The van der Waals surface area contributed by atoms with E-state index in [4.69, 9.17) is 0 Å². The minimum atomic E-state index is -0.582. The van der Waals surface area contributed by atoms with Crippen molar-refractivity contribution in [3.05, 3.63) is 70.4 Å². The number of hydrogen-bond donors (Lipinski definition) is 2. The molecule has 0 saturated heterocycles. The van der Waals surface area contributed by atoms with Gasteiger partial charge in [0.05, 0.1) is 11.4 Å². The van der Waals surface area contributed by atoms with Crippen LogP contribution in [0.4, 0.5) is 0 Å². The van der Waals surface area contributed by atoms with Gasteiger partial charge in [-0.2, -0.15) is 5.10 Å². The number of hydrogen-bond acceptors (Lipinski definition) is 5. The third-order valence-corrected chi connectivity index (χ3v) is 5.15. The fourth-order valence-corrected chi connectivity index (χ4v) is 3.35. The molecular weight excluding hydrogens is 374 g/mol. The molecule has 2 aromatic heterocycles. The largest absolute Gasteiger partial charge is 0.350 e. The highest BCUT2D eigenvalue weighted by Gasteiger charge is 2.24. The lowest BCUT2D eigenvalue weighted by molar-refractivity contribution is -0.124. The highest BCUT2D eigenvalue weighted by atomic mass is 32.1. The molecule has 0 spiro atoms. The van der Waals surface area contributed by atoms with Crippen LogP contribution in [0.15, 0.2) is 54.4 Å². The summed E-state index contributed by atoms with van der Waals surface area (Å²) in [4.78, 5) is 29.4. The average molecular weight is 398 g/mol. The van der Waals surface area contributed by atoms with Gasteiger partial charge in [-0.3, -0.25) is 9.59 Å². The van der Waals surface area contributed by atoms with E-state index in [1.54, 1.807) is 17.1 Å². The number of carbonyl (C=O) groups is 2. The molecule has 0 radical (unpaired) electrons. The normalized spacial score (nSPS) is 12.0. The Morgan fingerprint density at radius 2 is 1.89 bits per heavy atom. The number of nitrogens with one attached hydrogen (secondary N) is 2. The highest BCUT2D eigenvalue weighted by molar-refractivity contribution is 7.12. The van der Waals surface area contributed by atoms with Gasteiger partial charge in [0.1, 0.15) is 18.7 Å². The molecule has 146 valence electrons. The predicted molar refractivity (Wildman–Crippen MR) is 108 cm³/mol.